The van der Waals surface area contributed by atoms with E-state index in [0.717, 1.165) is 29.7 Å². The van der Waals surface area contributed by atoms with Crippen LogP contribution in [0.2, 0.25) is 0 Å². The molecule has 2 aromatic rings. The Morgan fingerprint density at radius 1 is 1.29 bits per heavy atom. The molecule has 1 aromatic carbocycles. The highest BCUT2D eigenvalue weighted by Gasteiger charge is 2.17. The van der Waals surface area contributed by atoms with E-state index >= 15 is 0 Å². The van der Waals surface area contributed by atoms with Crippen molar-refractivity contribution in [1.29, 1.82) is 0 Å². The fraction of sp³-hybridized carbons (Fsp3) is 0.231. The molecule has 3 rings (SSSR count). The summed E-state index contributed by atoms with van der Waals surface area (Å²) in [7, 11) is 0. The quantitative estimate of drug-likeness (QED) is 0.826. The lowest BCUT2D eigenvalue weighted by Crippen LogP contribution is -2.00. The Balaban J connectivity index is 2.02. The van der Waals surface area contributed by atoms with Crippen LogP contribution in [0.1, 0.15) is 21.6 Å². The van der Waals surface area contributed by atoms with Gasteiger partial charge in [-0.25, -0.2) is 0 Å². The minimum absolute atomic E-state index is 0.701. The third-order valence-corrected chi connectivity index (χ3v) is 4.00. The number of rotatable bonds is 2. The topological polar surface area (TPSA) is 45.8 Å². The zero-order valence-electron chi connectivity index (χ0n) is 9.27. The van der Waals surface area contributed by atoms with Gasteiger partial charge in [0.05, 0.1) is 5.69 Å². The van der Waals surface area contributed by atoms with Crippen LogP contribution >= 0.6 is 11.8 Å². The molecule has 1 N–H and O–H groups in total. The van der Waals surface area contributed by atoms with Gasteiger partial charge in [0, 0.05) is 28.1 Å². The number of nitrogens with zero attached hydrogens (tertiary/aromatic N) is 1. The maximum absolute atomic E-state index is 10.6. The second-order valence-electron chi connectivity index (χ2n) is 4.07. The van der Waals surface area contributed by atoms with Crippen LogP contribution in [0.15, 0.2) is 24.3 Å². The minimum atomic E-state index is 0.701. The Morgan fingerprint density at radius 3 is 2.88 bits per heavy atom. The molecule has 0 amide bonds. The molecule has 1 aliphatic heterocycles. The van der Waals surface area contributed by atoms with E-state index in [9.17, 15) is 4.79 Å². The third-order valence-electron chi connectivity index (χ3n) is 3.02. The first kappa shape index (κ1) is 10.6. The number of H-pyrrole nitrogens is 1. The lowest BCUT2D eigenvalue weighted by Gasteiger charge is -2.10. The number of hydrogen-bond acceptors (Lipinski definition) is 3. The molecule has 2 heterocycles. The third kappa shape index (κ3) is 1.89. The van der Waals surface area contributed by atoms with Gasteiger partial charge >= 0.3 is 0 Å². The molecule has 0 radical (unpaired) electrons. The average molecular weight is 244 g/mol. The number of thioether (sulfide) groups is 1. The summed E-state index contributed by atoms with van der Waals surface area (Å²) in [4.78, 5) is 10.6. The fourth-order valence-corrected chi connectivity index (χ4v) is 3.08. The summed E-state index contributed by atoms with van der Waals surface area (Å²) in [5.41, 5.74) is 5.39. The van der Waals surface area contributed by atoms with Gasteiger partial charge in [-0.15, -0.1) is 0 Å². The largest absolute Gasteiger partial charge is 0.298 e. The lowest BCUT2D eigenvalue weighted by atomic mass is 10.0. The summed E-state index contributed by atoms with van der Waals surface area (Å²) in [6.45, 7) is 0. The Bertz CT molecular complexity index is 545. The Kier molecular flexibility index (Phi) is 2.73. The van der Waals surface area contributed by atoms with Crippen molar-refractivity contribution in [3.8, 4) is 11.3 Å². The molecule has 86 valence electrons. The predicted octanol–water partition coefficient (Wildman–Crippen LogP) is 2.68. The average Bonchev–Trinajstić information content (AvgIpc) is 2.83. The van der Waals surface area contributed by atoms with E-state index in [-0.39, 0.29) is 0 Å². The number of carbonyl (C=O) groups excluding carboxylic acids is 1. The second kappa shape index (κ2) is 4.37. The summed E-state index contributed by atoms with van der Waals surface area (Å²) < 4.78 is 0. The molecule has 0 unspecified atom stereocenters. The minimum Gasteiger partial charge on any atom is -0.298 e. The molecule has 0 bridgehead atoms. The molecule has 0 saturated carbocycles. The van der Waals surface area contributed by atoms with Crippen LogP contribution < -0.4 is 0 Å². The fourth-order valence-electron chi connectivity index (χ4n) is 2.07. The van der Waals surface area contributed by atoms with Gasteiger partial charge in [0.1, 0.15) is 6.29 Å². The van der Waals surface area contributed by atoms with Gasteiger partial charge in [0.25, 0.3) is 0 Å². The van der Waals surface area contributed by atoms with Crippen LogP contribution in [0.3, 0.4) is 0 Å². The summed E-state index contributed by atoms with van der Waals surface area (Å²) in [5, 5.41) is 7.52. The lowest BCUT2D eigenvalue weighted by molar-refractivity contribution is 0.112. The number of hydrogen-bond donors (Lipinski definition) is 1. The van der Waals surface area contributed by atoms with Gasteiger partial charge in [-0.3, -0.25) is 9.89 Å². The first-order valence-electron chi connectivity index (χ1n) is 5.58. The summed E-state index contributed by atoms with van der Waals surface area (Å²) >= 11 is 1.94. The van der Waals surface area contributed by atoms with Crippen molar-refractivity contribution in [2.45, 2.75) is 12.2 Å². The van der Waals surface area contributed by atoms with Crippen LogP contribution in [-0.4, -0.2) is 22.2 Å². The van der Waals surface area contributed by atoms with Crippen LogP contribution in [0.4, 0.5) is 0 Å². The number of aromatic nitrogens is 2. The van der Waals surface area contributed by atoms with E-state index in [2.05, 4.69) is 10.2 Å². The van der Waals surface area contributed by atoms with E-state index in [1.165, 1.54) is 17.0 Å². The zero-order valence-corrected chi connectivity index (χ0v) is 10.1. The smallest absolute Gasteiger partial charge is 0.150 e. The molecule has 17 heavy (non-hydrogen) atoms. The monoisotopic (exact) mass is 244 g/mol. The van der Waals surface area contributed by atoms with E-state index in [1.807, 2.05) is 36.0 Å². The zero-order chi connectivity index (χ0) is 11.7. The van der Waals surface area contributed by atoms with Gasteiger partial charge in [-0.2, -0.15) is 16.9 Å². The number of aryl methyl sites for hydroxylation is 1. The van der Waals surface area contributed by atoms with Crippen LogP contribution in [-0.2, 0) is 12.2 Å². The van der Waals surface area contributed by atoms with Crippen molar-refractivity contribution in [3.63, 3.8) is 0 Å². The van der Waals surface area contributed by atoms with Gasteiger partial charge in [0.2, 0.25) is 0 Å². The summed E-state index contributed by atoms with van der Waals surface area (Å²) in [5.74, 6) is 2.19. The van der Waals surface area contributed by atoms with Crippen molar-refractivity contribution in [2.24, 2.45) is 0 Å². The van der Waals surface area contributed by atoms with Gasteiger partial charge in [-0.1, -0.05) is 24.3 Å². The number of nitrogens with one attached hydrogen (secondary N) is 1. The first-order valence-corrected chi connectivity index (χ1v) is 6.73. The standard InChI is InChI=1S/C13H12N2OS/c16-7-9-1-3-10(4-2-9)13-11-8-17-6-5-12(11)14-15-13/h1-4,7H,5-6,8H2,(H,14,15). The van der Waals surface area contributed by atoms with E-state index in [1.54, 1.807) is 0 Å². The number of aldehydes is 1. The Hall–Kier alpha value is -1.55. The number of fused-ring (bicyclic) bond motifs is 1. The Morgan fingerprint density at radius 2 is 2.12 bits per heavy atom. The molecule has 0 atom stereocenters. The van der Waals surface area contributed by atoms with Crippen molar-refractivity contribution >= 4 is 18.0 Å². The van der Waals surface area contributed by atoms with Crippen molar-refractivity contribution in [2.75, 3.05) is 5.75 Å². The second-order valence-corrected chi connectivity index (χ2v) is 5.18. The van der Waals surface area contributed by atoms with Crippen molar-refractivity contribution in [3.05, 3.63) is 41.1 Å². The van der Waals surface area contributed by atoms with Gasteiger partial charge in [0.15, 0.2) is 0 Å². The molecule has 0 fully saturated rings. The van der Waals surface area contributed by atoms with Gasteiger partial charge in [-0.05, 0) is 12.2 Å². The highest BCUT2D eigenvalue weighted by molar-refractivity contribution is 7.98. The maximum Gasteiger partial charge on any atom is 0.150 e. The molecule has 0 spiro atoms. The molecular weight excluding hydrogens is 232 g/mol. The first-order chi connectivity index (χ1) is 8.38. The molecule has 1 aliphatic rings. The van der Waals surface area contributed by atoms with Gasteiger partial charge < -0.3 is 0 Å². The highest BCUT2D eigenvalue weighted by atomic mass is 32.2. The maximum atomic E-state index is 10.6. The number of aromatic amines is 1. The predicted molar refractivity (Wildman–Crippen MR) is 69.3 cm³/mol. The van der Waals surface area contributed by atoms with Crippen molar-refractivity contribution in [1.82, 2.24) is 10.2 Å². The molecule has 4 heteroatoms. The van der Waals surface area contributed by atoms with E-state index in [4.69, 9.17) is 0 Å². The number of carbonyl (C=O) groups is 1. The molecule has 0 aliphatic carbocycles. The Labute approximate surface area is 104 Å². The van der Waals surface area contributed by atoms with Crippen LogP contribution in [0, 0.1) is 0 Å². The molecular formula is C13H12N2OS. The van der Waals surface area contributed by atoms with Crippen molar-refractivity contribution < 1.29 is 4.79 Å². The summed E-state index contributed by atoms with van der Waals surface area (Å²) in [6.07, 6.45) is 1.93. The highest BCUT2D eigenvalue weighted by Crippen LogP contribution is 2.31. The summed E-state index contributed by atoms with van der Waals surface area (Å²) in [6, 6.07) is 7.58. The molecule has 3 nitrogen and oxygen atoms in total. The van der Waals surface area contributed by atoms with E-state index in [0.29, 0.717) is 5.56 Å². The molecule has 0 saturated heterocycles. The number of benzene rings is 1. The van der Waals surface area contributed by atoms with E-state index < -0.39 is 0 Å². The SMILES string of the molecule is O=Cc1ccc(-c2n[nH]c3c2CSCC3)cc1. The molecule has 1 aromatic heterocycles. The van der Waals surface area contributed by atoms with Crippen LogP contribution in [0.5, 0.6) is 0 Å². The van der Waals surface area contributed by atoms with Crippen LogP contribution in [0.25, 0.3) is 11.3 Å². The normalized spacial score (nSPS) is 14.4.